The molecule has 0 unspecified atom stereocenters. The number of benzene rings is 2. The van der Waals surface area contributed by atoms with E-state index in [-0.39, 0.29) is 13.0 Å². The van der Waals surface area contributed by atoms with Crippen LogP contribution in [-0.2, 0) is 27.3 Å². The number of esters is 1. The number of methoxy groups -OCH3 is 2. The number of rotatable bonds is 6. The van der Waals surface area contributed by atoms with E-state index >= 15 is 0 Å². The van der Waals surface area contributed by atoms with Gasteiger partial charge in [-0.2, -0.15) is 14.7 Å². The van der Waals surface area contributed by atoms with Crippen LogP contribution in [0.25, 0.3) is 33.6 Å². The molecule has 33 heavy (non-hydrogen) atoms. The number of fused-ring (bicyclic) bond motifs is 3. The third-order valence-corrected chi connectivity index (χ3v) is 5.49. The van der Waals surface area contributed by atoms with Gasteiger partial charge in [-0.25, -0.2) is 4.68 Å². The van der Waals surface area contributed by atoms with Gasteiger partial charge in [0.05, 0.1) is 37.1 Å². The van der Waals surface area contributed by atoms with Crippen LogP contribution in [0.2, 0.25) is 5.02 Å². The van der Waals surface area contributed by atoms with Crippen molar-refractivity contribution in [2.45, 2.75) is 13.0 Å². The highest BCUT2D eigenvalue weighted by Gasteiger charge is 2.24. The molecule has 0 saturated heterocycles. The lowest BCUT2D eigenvalue weighted by Crippen LogP contribution is -2.06. The summed E-state index contributed by atoms with van der Waals surface area (Å²) >= 11 is 6.09. The summed E-state index contributed by atoms with van der Waals surface area (Å²) in [5.74, 6) is -0.418. The minimum Gasteiger partial charge on any atom is -0.469 e. The summed E-state index contributed by atoms with van der Waals surface area (Å²) < 4.78 is 13.7. The average molecular weight is 463 g/mol. The van der Waals surface area contributed by atoms with Gasteiger partial charge in [-0.3, -0.25) is 4.79 Å². The molecule has 166 valence electrons. The third kappa shape index (κ3) is 3.71. The van der Waals surface area contributed by atoms with Crippen LogP contribution in [0.15, 0.2) is 54.6 Å². The third-order valence-electron chi connectivity index (χ3n) is 5.24. The lowest BCUT2D eigenvalue weighted by atomic mass is 10.1. The van der Waals surface area contributed by atoms with Crippen LogP contribution in [0, 0.1) is 0 Å². The van der Waals surface area contributed by atoms with Crippen molar-refractivity contribution in [2.24, 2.45) is 0 Å². The predicted molar refractivity (Wildman–Crippen MR) is 122 cm³/mol. The Morgan fingerprint density at radius 1 is 0.970 bits per heavy atom. The van der Waals surface area contributed by atoms with Gasteiger partial charge in [-0.05, 0) is 29.8 Å². The van der Waals surface area contributed by atoms with Gasteiger partial charge in [0.15, 0.2) is 16.8 Å². The maximum atomic E-state index is 12.0. The van der Waals surface area contributed by atoms with E-state index in [1.807, 2.05) is 54.6 Å². The van der Waals surface area contributed by atoms with Gasteiger partial charge in [-0.15, -0.1) is 10.2 Å². The van der Waals surface area contributed by atoms with E-state index in [4.69, 9.17) is 26.2 Å². The summed E-state index contributed by atoms with van der Waals surface area (Å²) in [5, 5.41) is 19.0. The number of hydrogen-bond donors (Lipinski definition) is 0. The largest absolute Gasteiger partial charge is 0.469 e. The predicted octanol–water partition coefficient (Wildman–Crippen LogP) is 3.65. The topological polar surface area (TPSA) is 96.4 Å². The molecular formula is C23H19ClN6O3. The molecule has 3 heterocycles. The molecule has 0 bridgehead atoms. The maximum Gasteiger partial charge on any atom is 0.311 e. The zero-order valence-electron chi connectivity index (χ0n) is 17.9. The molecule has 5 rings (SSSR count). The second-order valence-electron chi connectivity index (χ2n) is 7.32. The van der Waals surface area contributed by atoms with E-state index in [1.54, 1.807) is 16.3 Å². The monoisotopic (exact) mass is 462 g/mol. The number of carbonyl (C=O) groups excluding carboxylic acids is 1. The summed E-state index contributed by atoms with van der Waals surface area (Å²) in [6.07, 6.45) is -0.0384. The molecule has 0 fully saturated rings. The Morgan fingerprint density at radius 3 is 2.42 bits per heavy atom. The summed E-state index contributed by atoms with van der Waals surface area (Å²) in [6.45, 7) is 0.275. The second-order valence-corrected chi connectivity index (χ2v) is 7.75. The number of carbonyl (C=O) groups is 1. The lowest BCUT2D eigenvalue weighted by molar-refractivity contribution is -0.139. The molecule has 3 aromatic heterocycles. The Balaban J connectivity index is 1.84. The number of para-hydroxylation sites is 1. The minimum atomic E-state index is -0.418. The highest BCUT2D eigenvalue weighted by atomic mass is 35.5. The number of nitrogens with zero attached hydrogens (tertiary/aromatic N) is 6. The molecular weight excluding hydrogens is 444 g/mol. The Kier molecular flexibility index (Phi) is 5.49. The van der Waals surface area contributed by atoms with Gasteiger partial charge in [0.25, 0.3) is 0 Å². The first-order valence-corrected chi connectivity index (χ1v) is 10.5. The fraction of sp³-hybridized carbons (Fsp3) is 0.174. The average Bonchev–Trinajstić information content (AvgIpc) is 3.38. The van der Waals surface area contributed by atoms with Crippen molar-refractivity contribution < 1.29 is 14.3 Å². The normalized spacial score (nSPS) is 11.4. The molecule has 9 nitrogen and oxygen atoms in total. The molecule has 0 atom stereocenters. The molecule has 0 radical (unpaired) electrons. The molecule has 10 heteroatoms. The van der Waals surface area contributed by atoms with Crippen LogP contribution in [0.5, 0.6) is 0 Å². The first-order valence-electron chi connectivity index (χ1n) is 10.1. The number of aromatic nitrogens is 6. The fourth-order valence-corrected chi connectivity index (χ4v) is 3.88. The summed E-state index contributed by atoms with van der Waals surface area (Å²) in [7, 11) is 2.95. The Labute approximate surface area is 193 Å². The number of hydrogen-bond acceptors (Lipinski definition) is 7. The first kappa shape index (κ1) is 21.0. The molecule has 0 aliphatic rings. The molecule has 5 aromatic rings. The van der Waals surface area contributed by atoms with Gasteiger partial charge in [0, 0.05) is 12.1 Å². The van der Waals surface area contributed by atoms with Crippen molar-refractivity contribution in [1.82, 2.24) is 29.6 Å². The SMILES string of the molecule is COCc1nn2c(nnc3c(CC(=O)OC)nn(-c4ccccc4)c32)c1-c1ccc(Cl)cc1. The van der Waals surface area contributed by atoms with E-state index in [0.717, 1.165) is 16.8 Å². The van der Waals surface area contributed by atoms with Gasteiger partial charge in [0.1, 0.15) is 5.69 Å². The molecule has 0 aliphatic carbocycles. The zero-order chi connectivity index (χ0) is 22.9. The standard InChI is InChI=1S/C23H19ClN6O3/c1-32-13-18-20(14-8-10-15(24)11-9-14)22-26-25-21-17(12-19(31)33-2)27-29(23(21)30(22)28-18)16-6-4-3-5-7-16/h3-11H,12-13H2,1-2H3. The Hall–Kier alpha value is -3.82. The van der Waals surface area contributed by atoms with E-state index in [1.165, 1.54) is 7.11 Å². The van der Waals surface area contributed by atoms with Crippen LogP contribution in [0.1, 0.15) is 11.4 Å². The summed E-state index contributed by atoms with van der Waals surface area (Å²) in [4.78, 5) is 12.0. The molecule has 2 aromatic carbocycles. The van der Waals surface area contributed by atoms with E-state index in [2.05, 4.69) is 15.3 Å². The van der Waals surface area contributed by atoms with Gasteiger partial charge in [-0.1, -0.05) is 41.9 Å². The smallest absolute Gasteiger partial charge is 0.311 e. The summed E-state index contributed by atoms with van der Waals surface area (Å²) in [6, 6.07) is 17.0. The van der Waals surface area contributed by atoms with Crippen LogP contribution in [0.3, 0.4) is 0 Å². The Bertz CT molecular complexity index is 1460. The van der Waals surface area contributed by atoms with Gasteiger partial charge >= 0.3 is 5.97 Å². The molecule has 0 N–H and O–H groups in total. The fourth-order valence-electron chi connectivity index (χ4n) is 3.75. The molecule has 0 saturated carbocycles. The van der Waals surface area contributed by atoms with Crippen molar-refractivity contribution in [2.75, 3.05) is 14.2 Å². The number of halogens is 1. The lowest BCUT2D eigenvalue weighted by Gasteiger charge is -2.04. The first-order chi connectivity index (χ1) is 16.1. The summed E-state index contributed by atoms with van der Waals surface area (Å²) in [5.41, 5.74) is 5.20. The highest BCUT2D eigenvalue weighted by Crippen LogP contribution is 2.31. The van der Waals surface area contributed by atoms with Crippen molar-refractivity contribution in [3.63, 3.8) is 0 Å². The van der Waals surface area contributed by atoms with Gasteiger partial charge in [0.2, 0.25) is 0 Å². The van der Waals surface area contributed by atoms with Crippen LogP contribution >= 0.6 is 11.6 Å². The van der Waals surface area contributed by atoms with E-state index < -0.39 is 5.97 Å². The van der Waals surface area contributed by atoms with Crippen molar-refractivity contribution in [1.29, 1.82) is 0 Å². The highest BCUT2D eigenvalue weighted by molar-refractivity contribution is 6.30. The molecule has 0 aliphatic heterocycles. The van der Waals surface area contributed by atoms with Gasteiger partial charge < -0.3 is 9.47 Å². The minimum absolute atomic E-state index is 0.0384. The maximum absolute atomic E-state index is 12.0. The quantitative estimate of drug-likeness (QED) is 0.355. The van der Waals surface area contributed by atoms with Crippen LogP contribution < -0.4 is 0 Å². The molecule has 0 spiro atoms. The van der Waals surface area contributed by atoms with Crippen molar-refractivity contribution in [3.8, 4) is 16.8 Å². The van der Waals surface area contributed by atoms with Crippen molar-refractivity contribution >= 4 is 34.4 Å². The van der Waals surface area contributed by atoms with Crippen LogP contribution in [-0.4, -0.2) is 49.8 Å². The number of ether oxygens (including phenoxy) is 2. The molecule has 0 amide bonds. The zero-order valence-corrected chi connectivity index (χ0v) is 18.7. The Morgan fingerprint density at radius 2 is 1.73 bits per heavy atom. The van der Waals surface area contributed by atoms with Crippen molar-refractivity contribution in [3.05, 3.63) is 71.0 Å². The van der Waals surface area contributed by atoms with E-state index in [0.29, 0.717) is 33.2 Å². The van der Waals surface area contributed by atoms with Crippen LogP contribution in [0.4, 0.5) is 0 Å². The van der Waals surface area contributed by atoms with E-state index in [9.17, 15) is 4.79 Å². The second kappa shape index (κ2) is 8.61.